The lowest BCUT2D eigenvalue weighted by Crippen LogP contribution is -1.86. The summed E-state index contributed by atoms with van der Waals surface area (Å²) in [7, 11) is 1.70. The molecule has 0 aromatic carbocycles. The van der Waals surface area contributed by atoms with Crippen LogP contribution >= 0.6 is 0 Å². The highest BCUT2D eigenvalue weighted by molar-refractivity contribution is 5.30. The van der Waals surface area contributed by atoms with E-state index < -0.39 is 0 Å². The number of methoxy groups -OCH3 is 1. The molecule has 0 bridgehead atoms. The summed E-state index contributed by atoms with van der Waals surface area (Å²) in [6.07, 6.45) is 9.27. The summed E-state index contributed by atoms with van der Waals surface area (Å²) in [6, 6.07) is 0. The van der Waals surface area contributed by atoms with Gasteiger partial charge in [0.25, 0.3) is 0 Å². The minimum atomic E-state index is 0.969. The zero-order valence-corrected chi connectivity index (χ0v) is 8.42. The van der Waals surface area contributed by atoms with Gasteiger partial charge < -0.3 is 4.74 Å². The molecule has 0 amide bonds. The largest absolute Gasteiger partial charge is 0.497 e. The quantitative estimate of drug-likeness (QED) is 0.579. The fourth-order valence-electron chi connectivity index (χ4n) is 0.953. The molecule has 0 saturated carbocycles. The van der Waals surface area contributed by atoms with Crippen LogP contribution in [0, 0.1) is 0 Å². The molecule has 0 atom stereocenters. The molecule has 0 unspecified atom stereocenters. The predicted octanol–water partition coefficient (Wildman–Crippen LogP) is 3.45. The monoisotopic (exact) mass is 166 g/mol. The molecule has 1 aliphatic carbocycles. The van der Waals surface area contributed by atoms with Gasteiger partial charge in [0, 0.05) is 0 Å². The summed E-state index contributed by atoms with van der Waals surface area (Å²) in [5.41, 5.74) is 1.19. The maximum Gasteiger partial charge on any atom is 0.118 e. The molecule has 0 heterocycles. The lowest BCUT2D eigenvalue weighted by molar-refractivity contribution is 0.300. The second-order valence-electron chi connectivity index (χ2n) is 2.29. The third-order valence-corrected chi connectivity index (χ3v) is 1.53. The number of allylic oxidation sites excluding steroid dienone is 5. The van der Waals surface area contributed by atoms with E-state index in [9.17, 15) is 0 Å². The first-order valence-corrected chi connectivity index (χ1v) is 4.42. The Balaban J connectivity index is 0.000000561. The Labute approximate surface area is 75.4 Å². The second-order valence-corrected chi connectivity index (χ2v) is 2.29. The summed E-state index contributed by atoms with van der Waals surface area (Å²) in [5, 5.41) is 0. The summed E-state index contributed by atoms with van der Waals surface area (Å²) in [5.74, 6) is 0.991. The molecule has 0 aromatic rings. The van der Waals surface area contributed by atoms with Gasteiger partial charge in [0.2, 0.25) is 0 Å². The van der Waals surface area contributed by atoms with Crippen LogP contribution in [-0.4, -0.2) is 7.11 Å². The van der Waals surface area contributed by atoms with E-state index in [2.05, 4.69) is 24.3 Å². The summed E-state index contributed by atoms with van der Waals surface area (Å²) >= 11 is 0. The normalized spacial score (nSPS) is 15.0. The highest BCUT2D eigenvalue weighted by Gasteiger charge is 1.98. The average molecular weight is 166 g/mol. The lowest BCUT2D eigenvalue weighted by Gasteiger charge is -2.03. The van der Waals surface area contributed by atoms with Gasteiger partial charge in [-0.25, -0.2) is 0 Å². The van der Waals surface area contributed by atoms with Gasteiger partial charge in [0.15, 0.2) is 0 Å². The van der Waals surface area contributed by atoms with E-state index >= 15 is 0 Å². The van der Waals surface area contributed by atoms with Gasteiger partial charge in [-0.15, -0.1) is 0 Å². The maximum atomic E-state index is 5.14. The van der Waals surface area contributed by atoms with Crippen molar-refractivity contribution in [2.75, 3.05) is 7.11 Å². The fourth-order valence-corrected chi connectivity index (χ4v) is 0.953. The van der Waals surface area contributed by atoms with Gasteiger partial charge in [-0.1, -0.05) is 32.1 Å². The average Bonchev–Trinajstić information content (AvgIpc) is 2.33. The third kappa shape index (κ3) is 3.42. The van der Waals surface area contributed by atoms with Crippen LogP contribution in [0.1, 0.15) is 27.2 Å². The van der Waals surface area contributed by atoms with Crippen molar-refractivity contribution in [1.82, 2.24) is 0 Å². The van der Waals surface area contributed by atoms with Crippen LogP contribution in [0.25, 0.3) is 0 Å². The second kappa shape index (κ2) is 6.71. The molecular formula is C11H18O. The van der Waals surface area contributed by atoms with Crippen LogP contribution in [0.3, 0.4) is 0 Å². The molecule has 1 aliphatic rings. The zero-order chi connectivity index (χ0) is 9.40. The van der Waals surface area contributed by atoms with Crippen LogP contribution in [0.15, 0.2) is 35.6 Å². The van der Waals surface area contributed by atoms with Crippen molar-refractivity contribution in [1.29, 1.82) is 0 Å². The van der Waals surface area contributed by atoms with Crippen LogP contribution < -0.4 is 0 Å². The van der Waals surface area contributed by atoms with Crippen molar-refractivity contribution >= 4 is 0 Å². The standard InChI is InChI=1S/C9H12O.C2H6/c1-8-6-4-3-5-7-9(8)10-2;1-2/h3-4,6-7H,5H2,1-2H3;1-2H3. The molecule has 0 aromatic heterocycles. The molecule has 0 saturated heterocycles. The number of hydrogen-bond acceptors (Lipinski definition) is 1. The van der Waals surface area contributed by atoms with E-state index in [1.54, 1.807) is 7.11 Å². The zero-order valence-electron chi connectivity index (χ0n) is 8.42. The first-order chi connectivity index (χ1) is 5.84. The van der Waals surface area contributed by atoms with E-state index in [-0.39, 0.29) is 0 Å². The minimum absolute atomic E-state index is 0.969. The molecule has 0 fully saturated rings. The maximum absolute atomic E-state index is 5.14. The van der Waals surface area contributed by atoms with E-state index in [4.69, 9.17) is 4.74 Å². The lowest BCUT2D eigenvalue weighted by atomic mass is 10.2. The number of rotatable bonds is 1. The van der Waals surface area contributed by atoms with Gasteiger partial charge >= 0.3 is 0 Å². The van der Waals surface area contributed by atoms with Crippen molar-refractivity contribution < 1.29 is 4.74 Å². The van der Waals surface area contributed by atoms with Gasteiger partial charge in [-0.05, 0) is 25.0 Å². The fraction of sp³-hybridized carbons (Fsp3) is 0.455. The third-order valence-electron chi connectivity index (χ3n) is 1.53. The molecule has 68 valence electrons. The number of hydrogen-bond donors (Lipinski definition) is 0. The molecule has 1 rings (SSSR count). The molecule has 0 spiro atoms. The summed E-state index contributed by atoms with van der Waals surface area (Å²) < 4.78 is 5.14. The van der Waals surface area contributed by atoms with Crippen molar-refractivity contribution in [2.45, 2.75) is 27.2 Å². The molecule has 1 heteroatoms. The topological polar surface area (TPSA) is 9.23 Å². The van der Waals surface area contributed by atoms with E-state index in [0.29, 0.717) is 0 Å². The Morgan fingerprint density at radius 1 is 1.33 bits per heavy atom. The van der Waals surface area contributed by atoms with Crippen molar-refractivity contribution in [3.05, 3.63) is 35.6 Å². The highest BCUT2D eigenvalue weighted by atomic mass is 16.5. The van der Waals surface area contributed by atoms with Crippen LogP contribution in [0.2, 0.25) is 0 Å². The van der Waals surface area contributed by atoms with Crippen LogP contribution in [-0.2, 0) is 4.74 Å². The Morgan fingerprint density at radius 2 is 2.00 bits per heavy atom. The van der Waals surface area contributed by atoms with E-state index in [1.807, 2.05) is 20.8 Å². The molecule has 0 radical (unpaired) electrons. The van der Waals surface area contributed by atoms with Crippen molar-refractivity contribution in [3.63, 3.8) is 0 Å². The van der Waals surface area contributed by atoms with Crippen LogP contribution in [0.5, 0.6) is 0 Å². The van der Waals surface area contributed by atoms with E-state index in [0.717, 1.165) is 12.2 Å². The summed E-state index contributed by atoms with van der Waals surface area (Å²) in [4.78, 5) is 0. The SMILES string of the molecule is CC.COC1=CCC=CC=C1C. The molecule has 12 heavy (non-hydrogen) atoms. The Morgan fingerprint density at radius 3 is 2.58 bits per heavy atom. The van der Waals surface area contributed by atoms with Crippen molar-refractivity contribution in [3.8, 4) is 0 Å². The Hall–Kier alpha value is -0.980. The molecule has 0 N–H and O–H groups in total. The Bertz CT molecular complexity index is 197. The number of ether oxygens (including phenoxy) is 1. The van der Waals surface area contributed by atoms with Crippen LogP contribution in [0.4, 0.5) is 0 Å². The van der Waals surface area contributed by atoms with E-state index in [1.165, 1.54) is 5.57 Å². The smallest absolute Gasteiger partial charge is 0.118 e. The van der Waals surface area contributed by atoms with Gasteiger partial charge in [-0.3, -0.25) is 0 Å². The molecule has 1 nitrogen and oxygen atoms in total. The highest BCUT2D eigenvalue weighted by Crippen LogP contribution is 2.13. The molecule has 0 aliphatic heterocycles. The first kappa shape index (κ1) is 11.0. The van der Waals surface area contributed by atoms with Gasteiger partial charge in [0.05, 0.1) is 7.11 Å². The first-order valence-electron chi connectivity index (χ1n) is 4.42. The van der Waals surface area contributed by atoms with Crippen molar-refractivity contribution in [2.24, 2.45) is 0 Å². The molecular weight excluding hydrogens is 148 g/mol. The van der Waals surface area contributed by atoms with Gasteiger partial charge in [-0.2, -0.15) is 0 Å². The Kier molecular flexibility index (Phi) is 6.16. The minimum Gasteiger partial charge on any atom is -0.497 e. The predicted molar refractivity (Wildman–Crippen MR) is 54.0 cm³/mol. The summed E-state index contributed by atoms with van der Waals surface area (Å²) in [6.45, 7) is 6.05. The van der Waals surface area contributed by atoms with Gasteiger partial charge in [0.1, 0.15) is 5.76 Å².